The summed E-state index contributed by atoms with van der Waals surface area (Å²) >= 11 is 0. The quantitative estimate of drug-likeness (QED) is 0.887. The van der Waals surface area contributed by atoms with E-state index in [0.29, 0.717) is 24.1 Å². The molecule has 3 rings (SSSR count). The molecule has 0 spiro atoms. The van der Waals surface area contributed by atoms with Crippen LogP contribution in [-0.2, 0) is 0 Å². The number of hydrogen-bond donors (Lipinski definition) is 2. The molecule has 0 bridgehead atoms. The molecule has 1 atom stereocenters. The van der Waals surface area contributed by atoms with Crippen LogP contribution in [0.5, 0.6) is 5.88 Å². The van der Waals surface area contributed by atoms with Crippen LogP contribution in [0.2, 0.25) is 0 Å². The standard InChI is InChI=1S/C16H20N6O2/c1-24-14-6-5-12(10-19-14)20-16(23)21-13-4-2-9-22(11-13)15-17-7-3-8-18-15/h3,5-8,10,13H,2,4,9,11H2,1H3,(H2,20,21,23)/t13-/m1/s1. The van der Waals surface area contributed by atoms with Gasteiger partial charge in [-0.05, 0) is 25.0 Å². The van der Waals surface area contributed by atoms with E-state index < -0.39 is 0 Å². The molecule has 8 nitrogen and oxygen atoms in total. The molecular weight excluding hydrogens is 308 g/mol. The van der Waals surface area contributed by atoms with Crippen LogP contribution < -0.4 is 20.3 Å². The van der Waals surface area contributed by atoms with Crippen molar-refractivity contribution in [3.8, 4) is 5.88 Å². The van der Waals surface area contributed by atoms with Gasteiger partial charge in [0.15, 0.2) is 0 Å². The van der Waals surface area contributed by atoms with Crippen molar-refractivity contribution in [2.75, 3.05) is 30.4 Å². The van der Waals surface area contributed by atoms with Gasteiger partial charge < -0.3 is 20.3 Å². The number of rotatable bonds is 4. The second-order valence-corrected chi connectivity index (χ2v) is 5.52. The first-order valence-corrected chi connectivity index (χ1v) is 7.84. The number of pyridine rings is 1. The van der Waals surface area contributed by atoms with Crippen molar-refractivity contribution < 1.29 is 9.53 Å². The third kappa shape index (κ3) is 4.09. The molecule has 0 radical (unpaired) electrons. The molecule has 1 saturated heterocycles. The number of piperidine rings is 1. The van der Waals surface area contributed by atoms with Gasteiger partial charge in [0, 0.05) is 37.6 Å². The van der Waals surface area contributed by atoms with Crippen LogP contribution in [0.15, 0.2) is 36.8 Å². The van der Waals surface area contributed by atoms with E-state index in [1.165, 1.54) is 0 Å². The first kappa shape index (κ1) is 16.0. The minimum atomic E-state index is -0.247. The molecule has 0 aliphatic carbocycles. The summed E-state index contributed by atoms with van der Waals surface area (Å²) in [4.78, 5) is 26.8. The summed E-state index contributed by atoms with van der Waals surface area (Å²) in [5.41, 5.74) is 0.618. The molecule has 126 valence electrons. The lowest BCUT2D eigenvalue weighted by molar-refractivity contribution is 0.246. The van der Waals surface area contributed by atoms with Crippen LogP contribution in [0.3, 0.4) is 0 Å². The highest BCUT2D eigenvalue weighted by Crippen LogP contribution is 2.16. The summed E-state index contributed by atoms with van der Waals surface area (Å²) in [5, 5.41) is 5.77. The lowest BCUT2D eigenvalue weighted by Crippen LogP contribution is -2.49. The number of aromatic nitrogens is 3. The third-order valence-corrected chi connectivity index (χ3v) is 3.79. The fourth-order valence-corrected chi connectivity index (χ4v) is 2.66. The second kappa shape index (κ2) is 7.58. The Balaban J connectivity index is 1.53. The highest BCUT2D eigenvalue weighted by atomic mass is 16.5. The summed E-state index contributed by atoms with van der Waals surface area (Å²) in [6.45, 7) is 1.59. The lowest BCUT2D eigenvalue weighted by atomic mass is 10.1. The van der Waals surface area contributed by atoms with Gasteiger partial charge in [0.1, 0.15) is 0 Å². The van der Waals surface area contributed by atoms with Crippen molar-refractivity contribution >= 4 is 17.7 Å². The molecule has 0 unspecified atom stereocenters. The molecule has 2 N–H and O–H groups in total. The number of nitrogens with zero attached hydrogens (tertiary/aromatic N) is 4. The Morgan fingerprint density at radius 2 is 2.12 bits per heavy atom. The smallest absolute Gasteiger partial charge is 0.319 e. The summed E-state index contributed by atoms with van der Waals surface area (Å²) < 4.78 is 4.99. The molecule has 2 aromatic heterocycles. The van der Waals surface area contributed by atoms with Crippen LogP contribution in [0.25, 0.3) is 0 Å². The second-order valence-electron chi connectivity index (χ2n) is 5.52. The van der Waals surface area contributed by atoms with Gasteiger partial charge in [-0.2, -0.15) is 0 Å². The average molecular weight is 328 g/mol. The topological polar surface area (TPSA) is 92.3 Å². The van der Waals surface area contributed by atoms with E-state index in [4.69, 9.17) is 4.74 Å². The molecule has 2 aromatic rings. The minimum Gasteiger partial charge on any atom is -0.481 e. The third-order valence-electron chi connectivity index (χ3n) is 3.79. The van der Waals surface area contributed by atoms with Gasteiger partial charge in [0.05, 0.1) is 19.0 Å². The molecule has 8 heteroatoms. The van der Waals surface area contributed by atoms with E-state index >= 15 is 0 Å². The van der Waals surface area contributed by atoms with Crippen molar-refractivity contribution in [1.82, 2.24) is 20.3 Å². The predicted molar refractivity (Wildman–Crippen MR) is 90.2 cm³/mol. The molecule has 3 heterocycles. The highest BCUT2D eigenvalue weighted by molar-refractivity contribution is 5.89. The summed E-state index contributed by atoms with van der Waals surface area (Å²) in [5.74, 6) is 1.20. The maximum atomic E-state index is 12.1. The van der Waals surface area contributed by atoms with Crippen molar-refractivity contribution in [1.29, 1.82) is 0 Å². The molecule has 2 amide bonds. The molecule has 1 aliphatic heterocycles. The molecule has 1 aliphatic rings. The highest BCUT2D eigenvalue weighted by Gasteiger charge is 2.22. The number of hydrogen-bond acceptors (Lipinski definition) is 6. The van der Waals surface area contributed by atoms with Crippen LogP contribution >= 0.6 is 0 Å². The Labute approximate surface area is 140 Å². The number of amides is 2. The van der Waals surface area contributed by atoms with E-state index in [9.17, 15) is 4.79 Å². The van der Waals surface area contributed by atoms with Gasteiger partial charge in [0.2, 0.25) is 11.8 Å². The number of ether oxygens (including phenoxy) is 1. The maximum absolute atomic E-state index is 12.1. The first-order valence-electron chi connectivity index (χ1n) is 7.84. The van der Waals surface area contributed by atoms with Crippen molar-refractivity contribution in [2.24, 2.45) is 0 Å². The zero-order valence-corrected chi connectivity index (χ0v) is 13.5. The van der Waals surface area contributed by atoms with E-state index in [2.05, 4.69) is 30.5 Å². The lowest BCUT2D eigenvalue weighted by Gasteiger charge is -2.33. The van der Waals surface area contributed by atoms with Gasteiger partial charge in [-0.1, -0.05) is 0 Å². The molecule has 24 heavy (non-hydrogen) atoms. The van der Waals surface area contributed by atoms with E-state index in [1.807, 2.05) is 0 Å². The molecular formula is C16H20N6O2. The van der Waals surface area contributed by atoms with E-state index in [0.717, 1.165) is 19.4 Å². The Kier molecular flexibility index (Phi) is 5.05. The Morgan fingerprint density at radius 1 is 1.29 bits per heavy atom. The average Bonchev–Trinajstić information content (AvgIpc) is 2.63. The Bertz CT molecular complexity index is 664. The van der Waals surface area contributed by atoms with Crippen molar-refractivity contribution in [2.45, 2.75) is 18.9 Å². The van der Waals surface area contributed by atoms with E-state index in [-0.39, 0.29) is 12.1 Å². The van der Waals surface area contributed by atoms with Crippen LogP contribution in [-0.4, -0.2) is 47.2 Å². The normalized spacial score (nSPS) is 17.2. The fourth-order valence-electron chi connectivity index (χ4n) is 2.66. The van der Waals surface area contributed by atoms with Gasteiger partial charge in [-0.15, -0.1) is 0 Å². The SMILES string of the molecule is COc1ccc(NC(=O)N[C@@H]2CCCN(c3ncccn3)C2)cn1. The summed E-state index contributed by atoms with van der Waals surface area (Å²) in [6.07, 6.45) is 6.92. The number of nitrogens with one attached hydrogen (secondary N) is 2. The van der Waals surface area contributed by atoms with Crippen molar-refractivity contribution in [3.63, 3.8) is 0 Å². The van der Waals surface area contributed by atoms with Crippen LogP contribution in [0.4, 0.5) is 16.4 Å². The molecule has 1 fully saturated rings. The number of methoxy groups -OCH3 is 1. The van der Waals surface area contributed by atoms with Gasteiger partial charge in [0.25, 0.3) is 0 Å². The molecule has 0 saturated carbocycles. The summed E-state index contributed by atoms with van der Waals surface area (Å²) in [7, 11) is 1.55. The molecule has 0 aromatic carbocycles. The zero-order chi connectivity index (χ0) is 16.8. The number of carbonyl (C=O) groups is 1. The number of anilines is 2. The Morgan fingerprint density at radius 3 is 2.83 bits per heavy atom. The van der Waals surface area contributed by atoms with Crippen molar-refractivity contribution in [3.05, 3.63) is 36.8 Å². The first-order chi connectivity index (χ1) is 11.7. The summed E-state index contributed by atoms with van der Waals surface area (Å²) in [6, 6.07) is 5.04. The van der Waals surface area contributed by atoms with E-state index in [1.54, 1.807) is 43.9 Å². The predicted octanol–water partition coefficient (Wildman–Crippen LogP) is 1.67. The number of urea groups is 1. The minimum absolute atomic E-state index is 0.0498. The van der Waals surface area contributed by atoms with Crippen LogP contribution in [0.1, 0.15) is 12.8 Å². The van der Waals surface area contributed by atoms with Gasteiger partial charge >= 0.3 is 6.03 Å². The largest absolute Gasteiger partial charge is 0.481 e. The van der Waals surface area contributed by atoms with Gasteiger partial charge in [-0.25, -0.2) is 19.7 Å². The monoisotopic (exact) mass is 328 g/mol. The fraction of sp³-hybridized carbons (Fsp3) is 0.375. The maximum Gasteiger partial charge on any atom is 0.319 e. The van der Waals surface area contributed by atoms with Crippen LogP contribution in [0, 0.1) is 0 Å². The Hall–Kier alpha value is -2.90. The number of carbonyl (C=O) groups excluding carboxylic acids is 1. The van der Waals surface area contributed by atoms with Gasteiger partial charge in [-0.3, -0.25) is 0 Å². The zero-order valence-electron chi connectivity index (χ0n) is 13.5.